The molecule has 6 heteroatoms. The van der Waals surface area contributed by atoms with E-state index in [0.29, 0.717) is 24.2 Å². The van der Waals surface area contributed by atoms with Crippen LogP contribution in [0.2, 0.25) is 0 Å². The number of carbonyl (C=O) groups is 2. The summed E-state index contributed by atoms with van der Waals surface area (Å²) in [6.45, 7) is 0. The van der Waals surface area contributed by atoms with Crippen molar-refractivity contribution in [2.45, 2.75) is 31.2 Å². The third-order valence-electron chi connectivity index (χ3n) is 3.65. The fraction of sp³-hybridized carbons (Fsp3) is 0.500. The molecule has 1 aromatic heterocycles. The number of carbonyl (C=O) groups excluding carboxylic acids is 1. The van der Waals surface area contributed by atoms with Gasteiger partial charge in [-0.25, -0.2) is 9.78 Å². The molecule has 0 spiro atoms. The second kappa shape index (κ2) is 5.48. The number of amides is 1. The van der Waals surface area contributed by atoms with Crippen LogP contribution in [-0.4, -0.2) is 46.5 Å². The minimum absolute atomic E-state index is 0.127. The van der Waals surface area contributed by atoms with Crippen molar-refractivity contribution in [1.29, 1.82) is 0 Å². The van der Waals surface area contributed by atoms with Crippen molar-refractivity contribution in [3.63, 3.8) is 0 Å². The molecule has 0 unspecified atom stereocenters. The van der Waals surface area contributed by atoms with Gasteiger partial charge in [-0.2, -0.15) is 0 Å². The maximum Gasteiger partial charge on any atom is 0.329 e. The molecule has 0 saturated heterocycles. The van der Waals surface area contributed by atoms with Crippen LogP contribution >= 0.6 is 0 Å². The summed E-state index contributed by atoms with van der Waals surface area (Å²) in [7, 11) is 3.35. The first-order valence-corrected chi connectivity index (χ1v) is 6.64. The Morgan fingerprint density at radius 2 is 1.95 bits per heavy atom. The Labute approximate surface area is 117 Å². The number of aromatic nitrogens is 1. The van der Waals surface area contributed by atoms with Gasteiger partial charge in [0.05, 0.1) is 5.56 Å². The van der Waals surface area contributed by atoms with Gasteiger partial charge in [0, 0.05) is 20.3 Å². The molecular formula is C14H19N3O3. The molecule has 0 atom stereocenters. The number of pyridine rings is 1. The SMILES string of the molecule is CN(C)C(=O)c1ccc(NC2(C(=O)O)CCCC2)nc1. The van der Waals surface area contributed by atoms with Gasteiger partial charge in [-0.15, -0.1) is 0 Å². The smallest absolute Gasteiger partial charge is 0.329 e. The molecule has 1 aromatic rings. The quantitative estimate of drug-likeness (QED) is 0.873. The number of carboxylic acids is 1. The van der Waals surface area contributed by atoms with E-state index in [-0.39, 0.29) is 5.91 Å². The molecule has 2 rings (SSSR count). The molecule has 108 valence electrons. The lowest BCUT2D eigenvalue weighted by Crippen LogP contribution is -2.43. The van der Waals surface area contributed by atoms with Crippen molar-refractivity contribution in [3.8, 4) is 0 Å². The first kappa shape index (κ1) is 14.3. The van der Waals surface area contributed by atoms with Crippen molar-refractivity contribution in [2.75, 3.05) is 19.4 Å². The Morgan fingerprint density at radius 1 is 1.30 bits per heavy atom. The van der Waals surface area contributed by atoms with Gasteiger partial charge in [-0.05, 0) is 25.0 Å². The minimum atomic E-state index is -0.917. The average molecular weight is 277 g/mol. The van der Waals surface area contributed by atoms with Crippen molar-refractivity contribution in [2.24, 2.45) is 0 Å². The van der Waals surface area contributed by atoms with E-state index in [1.165, 1.54) is 11.1 Å². The number of carboxylic acid groups (broad SMARTS) is 1. The second-order valence-electron chi connectivity index (χ2n) is 5.35. The largest absolute Gasteiger partial charge is 0.480 e. The van der Waals surface area contributed by atoms with E-state index in [2.05, 4.69) is 10.3 Å². The molecule has 0 radical (unpaired) electrons. The number of aliphatic carboxylic acids is 1. The highest BCUT2D eigenvalue weighted by Crippen LogP contribution is 2.32. The summed E-state index contributed by atoms with van der Waals surface area (Å²) in [6, 6.07) is 3.31. The normalized spacial score (nSPS) is 16.7. The highest BCUT2D eigenvalue weighted by molar-refractivity contribution is 5.93. The van der Waals surface area contributed by atoms with Gasteiger partial charge in [0.1, 0.15) is 11.4 Å². The van der Waals surface area contributed by atoms with Crippen LogP contribution in [0.25, 0.3) is 0 Å². The van der Waals surface area contributed by atoms with Crippen molar-refractivity contribution >= 4 is 17.7 Å². The van der Waals surface area contributed by atoms with Gasteiger partial charge in [-0.3, -0.25) is 4.79 Å². The van der Waals surface area contributed by atoms with Crippen LogP contribution in [0.4, 0.5) is 5.82 Å². The van der Waals surface area contributed by atoms with E-state index >= 15 is 0 Å². The molecule has 0 aliphatic heterocycles. The van der Waals surface area contributed by atoms with Crippen LogP contribution in [-0.2, 0) is 4.79 Å². The van der Waals surface area contributed by atoms with E-state index in [1.54, 1.807) is 26.2 Å². The summed E-state index contributed by atoms with van der Waals surface area (Å²) in [5, 5.41) is 12.4. The zero-order chi connectivity index (χ0) is 14.8. The molecule has 0 bridgehead atoms. The summed E-state index contributed by atoms with van der Waals surface area (Å²) in [5.74, 6) is -0.479. The second-order valence-corrected chi connectivity index (χ2v) is 5.35. The van der Waals surface area contributed by atoms with Gasteiger partial charge in [0.15, 0.2) is 0 Å². The van der Waals surface area contributed by atoms with Crippen LogP contribution in [0, 0.1) is 0 Å². The van der Waals surface area contributed by atoms with Gasteiger partial charge in [0.25, 0.3) is 5.91 Å². The average Bonchev–Trinajstić information content (AvgIpc) is 2.88. The Hall–Kier alpha value is -2.11. The number of nitrogens with zero attached hydrogens (tertiary/aromatic N) is 2. The standard InChI is InChI=1S/C14H19N3O3/c1-17(2)12(18)10-5-6-11(15-9-10)16-14(13(19)20)7-3-4-8-14/h5-6,9H,3-4,7-8H2,1-2H3,(H,15,16)(H,19,20). The predicted molar refractivity (Wildman–Crippen MR) is 74.7 cm³/mol. The molecule has 1 aliphatic carbocycles. The van der Waals surface area contributed by atoms with E-state index in [9.17, 15) is 14.7 Å². The first-order chi connectivity index (χ1) is 9.44. The molecule has 1 fully saturated rings. The highest BCUT2D eigenvalue weighted by Gasteiger charge is 2.41. The Bertz CT molecular complexity index is 505. The zero-order valence-corrected chi connectivity index (χ0v) is 11.7. The molecule has 20 heavy (non-hydrogen) atoms. The monoisotopic (exact) mass is 277 g/mol. The van der Waals surface area contributed by atoms with Gasteiger partial charge >= 0.3 is 5.97 Å². The molecule has 1 aliphatic rings. The van der Waals surface area contributed by atoms with Crippen molar-refractivity contribution < 1.29 is 14.7 Å². The molecule has 2 N–H and O–H groups in total. The van der Waals surface area contributed by atoms with Crippen LogP contribution in [0.15, 0.2) is 18.3 Å². The van der Waals surface area contributed by atoms with Crippen LogP contribution < -0.4 is 5.32 Å². The highest BCUT2D eigenvalue weighted by atomic mass is 16.4. The Balaban J connectivity index is 2.14. The summed E-state index contributed by atoms with van der Waals surface area (Å²) in [5.41, 5.74) is -0.434. The van der Waals surface area contributed by atoms with Crippen LogP contribution in [0.3, 0.4) is 0 Å². The summed E-state index contributed by atoms with van der Waals surface area (Å²) < 4.78 is 0. The maximum absolute atomic E-state index is 11.7. The summed E-state index contributed by atoms with van der Waals surface area (Å²) in [4.78, 5) is 28.8. The maximum atomic E-state index is 11.7. The third-order valence-corrected chi connectivity index (χ3v) is 3.65. The fourth-order valence-corrected chi connectivity index (χ4v) is 2.47. The summed E-state index contributed by atoms with van der Waals surface area (Å²) >= 11 is 0. The topological polar surface area (TPSA) is 82.5 Å². The minimum Gasteiger partial charge on any atom is -0.480 e. The van der Waals surface area contributed by atoms with Crippen LogP contribution in [0.5, 0.6) is 0 Å². The zero-order valence-electron chi connectivity index (χ0n) is 11.7. The number of rotatable bonds is 4. The Morgan fingerprint density at radius 3 is 2.40 bits per heavy atom. The Kier molecular flexibility index (Phi) is 3.92. The predicted octanol–water partition coefficient (Wildman–Crippen LogP) is 1.59. The van der Waals surface area contributed by atoms with Gasteiger partial charge in [-0.1, -0.05) is 12.8 Å². The molecular weight excluding hydrogens is 258 g/mol. The third kappa shape index (κ3) is 2.74. The lowest BCUT2D eigenvalue weighted by molar-refractivity contribution is -0.142. The lowest BCUT2D eigenvalue weighted by Gasteiger charge is -2.26. The van der Waals surface area contributed by atoms with Crippen LogP contribution in [0.1, 0.15) is 36.0 Å². The summed E-state index contributed by atoms with van der Waals surface area (Å²) in [6.07, 6.45) is 4.47. The van der Waals surface area contributed by atoms with E-state index < -0.39 is 11.5 Å². The van der Waals surface area contributed by atoms with Crippen molar-refractivity contribution in [1.82, 2.24) is 9.88 Å². The number of hydrogen-bond acceptors (Lipinski definition) is 4. The lowest BCUT2D eigenvalue weighted by atomic mass is 9.98. The van der Waals surface area contributed by atoms with Gasteiger partial charge in [0.2, 0.25) is 0 Å². The molecule has 1 amide bonds. The van der Waals surface area contributed by atoms with E-state index in [1.807, 2.05) is 0 Å². The molecule has 0 aromatic carbocycles. The van der Waals surface area contributed by atoms with E-state index in [0.717, 1.165) is 12.8 Å². The van der Waals surface area contributed by atoms with E-state index in [4.69, 9.17) is 0 Å². The number of anilines is 1. The fourth-order valence-electron chi connectivity index (χ4n) is 2.47. The number of hydrogen-bond donors (Lipinski definition) is 2. The molecule has 1 saturated carbocycles. The molecule has 6 nitrogen and oxygen atoms in total. The first-order valence-electron chi connectivity index (χ1n) is 6.64. The number of nitrogens with one attached hydrogen (secondary N) is 1. The molecule has 1 heterocycles. The van der Waals surface area contributed by atoms with Gasteiger partial charge < -0.3 is 15.3 Å². The van der Waals surface area contributed by atoms with Crippen molar-refractivity contribution in [3.05, 3.63) is 23.9 Å².